The molecule has 0 N–H and O–H groups in total. The van der Waals surface area contributed by atoms with Crippen LogP contribution in [0.5, 0.6) is 0 Å². The van der Waals surface area contributed by atoms with E-state index in [4.69, 9.17) is 16.6 Å². The lowest BCUT2D eigenvalue weighted by molar-refractivity contribution is -0.384. The van der Waals surface area contributed by atoms with Crippen LogP contribution < -0.4 is 4.90 Å². The molecular weight excluding hydrogens is 448 g/mol. The Morgan fingerprint density at radius 1 is 1.19 bits per heavy atom. The number of amides is 1. The van der Waals surface area contributed by atoms with Gasteiger partial charge in [-0.05, 0) is 49.7 Å². The molecule has 7 nitrogen and oxygen atoms in total. The van der Waals surface area contributed by atoms with Crippen LogP contribution in [-0.4, -0.2) is 20.9 Å². The standard InChI is InChI=1S/C23H16N2O5S2/c1-13-6-8-18(19(10-13)25(28)29)20-9-7-17(30-20)12-21-22(27)24(23(31)32-21)16-5-3-4-15(11-16)14(2)26/h3-12H,1-2H3. The van der Waals surface area contributed by atoms with Crippen molar-refractivity contribution >= 4 is 57.4 Å². The molecule has 0 radical (unpaired) electrons. The van der Waals surface area contributed by atoms with E-state index in [0.29, 0.717) is 37.6 Å². The summed E-state index contributed by atoms with van der Waals surface area (Å²) in [7, 11) is 0. The molecule has 0 aliphatic carbocycles. The number of nitro benzene ring substituents is 1. The topological polar surface area (TPSA) is 93.7 Å². The minimum Gasteiger partial charge on any atom is -0.456 e. The highest BCUT2D eigenvalue weighted by atomic mass is 32.2. The fraction of sp³-hybridized carbons (Fsp3) is 0.0870. The summed E-state index contributed by atoms with van der Waals surface area (Å²) >= 11 is 6.49. The second-order valence-electron chi connectivity index (χ2n) is 7.10. The smallest absolute Gasteiger partial charge is 0.280 e. The normalized spacial score (nSPS) is 14.9. The number of carbonyl (C=O) groups excluding carboxylic acids is 2. The third kappa shape index (κ3) is 4.12. The molecule has 1 amide bonds. The lowest BCUT2D eigenvalue weighted by Crippen LogP contribution is -2.27. The summed E-state index contributed by atoms with van der Waals surface area (Å²) in [4.78, 5) is 37.3. The number of thiocarbonyl (C=S) groups is 1. The SMILES string of the molecule is CC(=O)c1cccc(N2C(=O)C(=Cc3ccc(-c4ccc(C)cc4[N+](=O)[O-])o3)SC2=S)c1. The van der Waals surface area contributed by atoms with Crippen LogP contribution >= 0.6 is 24.0 Å². The van der Waals surface area contributed by atoms with Crippen molar-refractivity contribution < 1.29 is 18.9 Å². The quantitative estimate of drug-likeness (QED) is 0.155. The maximum atomic E-state index is 13.0. The van der Waals surface area contributed by atoms with Gasteiger partial charge in [0.25, 0.3) is 11.6 Å². The zero-order valence-electron chi connectivity index (χ0n) is 17.0. The van der Waals surface area contributed by atoms with E-state index >= 15 is 0 Å². The van der Waals surface area contributed by atoms with Crippen LogP contribution in [0.4, 0.5) is 11.4 Å². The molecule has 0 spiro atoms. The molecule has 2 heterocycles. The van der Waals surface area contributed by atoms with Gasteiger partial charge in [-0.2, -0.15) is 0 Å². The Morgan fingerprint density at radius 2 is 1.97 bits per heavy atom. The van der Waals surface area contributed by atoms with Gasteiger partial charge in [0, 0.05) is 17.7 Å². The number of aryl methyl sites for hydroxylation is 1. The van der Waals surface area contributed by atoms with Gasteiger partial charge in [-0.3, -0.25) is 24.6 Å². The number of Topliss-reactive ketones (excluding diaryl/α,β-unsaturated/α-hetero) is 1. The Kier molecular flexibility index (Phi) is 5.77. The van der Waals surface area contributed by atoms with Crippen molar-refractivity contribution in [2.75, 3.05) is 4.90 Å². The number of hydrogen-bond acceptors (Lipinski definition) is 7. The second-order valence-corrected chi connectivity index (χ2v) is 8.78. The summed E-state index contributed by atoms with van der Waals surface area (Å²) in [5.41, 5.74) is 2.07. The van der Waals surface area contributed by atoms with E-state index in [0.717, 1.165) is 17.3 Å². The van der Waals surface area contributed by atoms with Crippen molar-refractivity contribution in [1.29, 1.82) is 0 Å². The van der Waals surface area contributed by atoms with Crippen molar-refractivity contribution in [2.24, 2.45) is 0 Å². The van der Waals surface area contributed by atoms with Gasteiger partial charge in [0.15, 0.2) is 10.1 Å². The lowest BCUT2D eigenvalue weighted by atomic mass is 10.1. The van der Waals surface area contributed by atoms with Crippen LogP contribution in [0.15, 0.2) is 63.9 Å². The van der Waals surface area contributed by atoms with Crippen LogP contribution in [0.25, 0.3) is 17.4 Å². The molecule has 2 aromatic carbocycles. The molecule has 1 saturated heterocycles. The van der Waals surface area contributed by atoms with Gasteiger partial charge < -0.3 is 4.42 Å². The molecule has 1 aliphatic heterocycles. The zero-order chi connectivity index (χ0) is 23.0. The summed E-state index contributed by atoms with van der Waals surface area (Å²) < 4.78 is 6.12. The number of anilines is 1. The number of carbonyl (C=O) groups is 2. The molecule has 4 rings (SSSR count). The third-order valence-electron chi connectivity index (χ3n) is 4.82. The maximum Gasteiger partial charge on any atom is 0.280 e. The van der Waals surface area contributed by atoms with Gasteiger partial charge in [0.05, 0.1) is 21.1 Å². The number of nitro groups is 1. The minimum atomic E-state index is -0.454. The monoisotopic (exact) mass is 464 g/mol. The summed E-state index contributed by atoms with van der Waals surface area (Å²) in [6.45, 7) is 3.23. The van der Waals surface area contributed by atoms with Crippen LogP contribution in [0.3, 0.4) is 0 Å². The largest absolute Gasteiger partial charge is 0.456 e. The van der Waals surface area contributed by atoms with E-state index < -0.39 is 4.92 Å². The third-order valence-corrected chi connectivity index (χ3v) is 6.12. The molecule has 1 fully saturated rings. The highest BCUT2D eigenvalue weighted by Gasteiger charge is 2.34. The van der Waals surface area contributed by atoms with Crippen molar-refractivity contribution in [1.82, 2.24) is 0 Å². The Labute approximate surface area is 192 Å². The Bertz CT molecular complexity index is 1330. The van der Waals surface area contributed by atoms with Crippen LogP contribution in [0.2, 0.25) is 0 Å². The van der Waals surface area contributed by atoms with E-state index in [-0.39, 0.29) is 17.4 Å². The number of benzene rings is 2. The molecule has 0 unspecified atom stereocenters. The molecule has 0 bridgehead atoms. The Hall–Kier alpha value is -3.56. The van der Waals surface area contributed by atoms with E-state index in [1.54, 1.807) is 61.5 Å². The number of furan rings is 1. The van der Waals surface area contributed by atoms with Gasteiger partial charge in [-0.1, -0.05) is 42.2 Å². The van der Waals surface area contributed by atoms with Crippen molar-refractivity contribution in [3.8, 4) is 11.3 Å². The van der Waals surface area contributed by atoms with Crippen LogP contribution in [0, 0.1) is 17.0 Å². The predicted molar refractivity (Wildman–Crippen MR) is 128 cm³/mol. The van der Waals surface area contributed by atoms with Gasteiger partial charge in [-0.25, -0.2) is 0 Å². The Morgan fingerprint density at radius 3 is 2.69 bits per heavy atom. The van der Waals surface area contributed by atoms with E-state index in [1.165, 1.54) is 17.9 Å². The molecule has 0 saturated carbocycles. The maximum absolute atomic E-state index is 13.0. The molecule has 1 aliphatic rings. The van der Waals surface area contributed by atoms with Gasteiger partial charge in [0.1, 0.15) is 11.5 Å². The van der Waals surface area contributed by atoms with Crippen molar-refractivity contribution in [3.05, 3.63) is 86.5 Å². The predicted octanol–water partition coefficient (Wildman–Crippen LogP) is 5.77. The van der Waals surface area contributed by atoms with Crippen LogP contribution in [-0.2, 0) is 4.79 Å². The summed E-state index contributed by atoms with van der Waals surface area (Å²) in [6.07, 6.45) is 1.55. The minimum absolute atomic E-state index is 0.0532. The summed E-state index contributed by atoms with van der Waals surface area (Å²) in [5, 5.41) is 11.4. The van der Waals surface area contributed by atoms with E-state index in [2.05, 4.69) is 0 Å². The number of nitrogens with zero attached hydrogens (tertiary/aromatic N) is 2. The molecule has 3 aromatic rings. The van der Waals surface area contributed by atoms with E-state index in [9.17, 15) is 19.7 Å². The highest BCUT2D eigenvalue weighted by molar-refractivity contribution is 8.27. The molecule has 9 heteroatoms. The van der Waals surface area contributed by atoms with Crippen LogP contribution in [0.1, 0.15) is 28.6 Å². The fourth-order valence-corrected chi connectivity index (χ4v) is 4.54. The highest BCUT2D eigenvalue weighted by Crippen LogP contribution is 2.38. The zero-order valence-corrected chi connectivity index (χ0v) is 18.7. The molecular formula is C23H16N2O5S2. The number of thioether (sulfide) groups is 1. The average Bonchev–Trinajstić information content (AvgIpc) is 3.32. The Balaban J connectivity index is 1.64. The van der Waals surface area contributed by atoms with Gasteiger partial charge in [0.2, 0.25) is 0 Å². The summed E-state index contributed by atoms with van der Waals surface area (Å²) in [6, 6.07) is 14.9. The molecule has 0 atom stereocenters. The molecule has 160 valence electrons. The van der Waals surface area contributed by atoms with Gasteiger partial charge in [-0.15, -0.1) is 0 Å². The number of hydrogen-bond donors (Lipinski definition) is 0. The number of rotatable bonds is 5. The molecule has 1 aromatic heterocycles. The fourth-order valence-electron chi connectivity index (χ4n) is 3.26. The van der Waals surface area contributed by atoms with E-state index in [1.807, 2.05) is 0 Å². The lowest BCUT2D eigenvalue weighted by Gasteiger charge is -2.15. The molecule has 32 heavy (non-hydrogen) atoms. The number of ketones is 1. The van der Waals surface area contributed by atoms with Crippen molar-refractivity contribution in [2.45, 2.75) is 13.8 Å². The first-order valence-electron chi connectivity index (χ1n) is 9.49. The summed E-state index contributed by atoms with van der Waals surface area (Å²) in [5.74, 6) is 0.251. The first kappa shape index (κ1) is 21.7. The van der Waals surface area contributed by atoms with Crippen molar-refractivity contribution in [3.63, 3.8) is 0 Å². The first-order valence-corrected chi connectivity index (χ1v) is 10.7. The van der Waals surface area contributed by atoms with Gasteiger partial charge >= 0.3 is 0 Å². The second kappa shape index (κ2) is 8.52. The first-order chi connectivity index (χ1) is 15.2. The average molecular weight is 465 g/mol.